The van der Waals surface area contributed by atoms with Crippen molar-refractivity contribution < 1.29 is 0 Å². The Morgan fingerprint density at radius 1 is 1.00 bits per heavy atom. The van der Waals surface area contributed by atoms with Crippen molar-refractivity contribution in [1.29, 1.82) is 5.26 Å². The van der Waals surface area contributed by atoms with Gasteiger partial charge in [-0.2, -0.15) is 5.26 Å². The Kier molecular flexibility index (Phi) is 2.94. The van der Waals surface area contributed by atoms with Gasteiger partial charge in [0, 0.05) is 5.02 Å². The van der Waals surface area contributed by atoms with Crippen LogP contribution in [0, 0.1) is 18.3 Å². The normalized spacial score (nSPS) is 9.81. The molecule has 2 aromatic rings. The number of halogens is 1. The maximum Gasteiger partial charge on any atom is 0.0991 e. The maximum atomic E-state index is 8.71. The number of hydrogen-bond acceptors (Lipinski definition) is 1. The van der Waals surface area contributed by atoms with Crippen LogP contribution in [0.4, 0.5) is 0 Å². The summed E-state index contributed by atoms with van der Waals surface area (Å²) in [6.45, 7) is 1.98. The molecule has 0 aliphatic rings. The minimum atomic E-state index is 0.668. The Labute approximate surface area is 99.9 Å². The van der Waals surface area contributed by atoms with E-state index in [9.17, 15) is 0 Å². The molecular weight excluding hydrogens is 218 g/mol. The number of nitriles is 1. The first kappa shape index (κ1) is 10.7. The van der Waals surface area contributed by atoms with Crippen LogP contribution >= 0.6 is 11.6 Å². The minimum absolute atomic E-state index is 0.668. The predicted molar refractivity (Wildman–Crippen MR) is 66.3 cm³/mol. The van der Waals surface area contributed by atoms with Crippen molar-refractivity contribution in [3.8, 4) is 17.2 Å². The number of hydrogen-bond donors (Lipinski definition) is 0. The molecule has 16 heavy (non-hydrogen) atoms. The number of benzene rings is 2. The standard InChI is InChI=1S/C14H10ClN/c1-10-2-5-13(8-14(10)15)12-6-3-11(9-16)4-7-12/h2-8H,1H3. The lowest BCUT2D eigenvalue weighted by Crippen LogP contribution is -1.81. The zero-order chi connectivity index (χ0) is 11.5. The molecule has 0 fully saturated rings. The molecule has 0 aliphatic carbocycles. The van der Waals surface area contributed by atoms with Gasteiger partial charge in [0.15, 0.2) is 0 Å². The smallest absolute Gasteiger partial charge is 0.0991 e. The van der Waals surface area contributed by atoms with E-state index >= 15 is 0 Å². The molecule has 1 nitrogen and oxygen atoms in total. The second-order valence-electron chi connectivity index (χ2n) is 3.65. The highest BCUT2D eigenvalue weighted by Gasteiger charge is 2.00. The minimum Gasteiger partial charge on any atom is -0.192 e. The highest BCUT2D eigenvalue weighted by molar-refractivity contribution is 6.31. The van der Waals surface area contributed by atoms with E-state index in [1.165, 1.54) is 0 Å². The van der Waals surface area contributed by atoms with E-state index in [0.29, 0.717) is 5.56 Å². The molecule has 0 bridgehead atoms. The first-order chi connectivity index (χ1) is 7.70. The highest BCUT2D eigenvalue weighted by Crippen LogP contribution is 2.25. The summed E-state index contributed by atoms with van der Waals surface area (Å²) in [6, 6.07) is 15.5. The molecule has 78 valence electrons. The Hall–Kier alpha value is -1.78. The highest BCUT2D eigenvalue weighted by atomic mass is 35.5. The van der Waals surface area contributed by atoms with Crippen molar-refractivity contribution in [2.75, 3.05) is 0 Å². The van der Waals surface area contributed by atoms with E-state index < -0.39 is 0 Å². The van der Waals surface area contributed by atoms with Crippen molar-refractivity contribution in [3.05, 3.63) is 58.6 Å². The molecule has 0 saturated carbocycles. The lowest BCUT2D eigenvalue weighted by molar-refractivity contribution is 1.46. The molecular formula is C14H10ClN. The van der Waals surface area contributed by atoms with Crippen LogP contribution in [0.2, 0.25) is 5.02 Å². The monoisotopic (exact) mass is 227 g/mol. The molecule has 2 rings (SSSR count). The third-order valence-electron chi connectivity index (χ3n) is 2.52. The van der Waals surface area contributed by atoms with Crippen molar-refractivity contribution >= 4 is 11.6 Å². The largest absolute Gasteiger partial charge is 0.192 e. The molecule has 0 aromatic heterocycles. The van der Waals surface area contributed by atoms with Gasteiger partial charge in [-0.25, -0.2) is 0 Å². The summed E-state index contributed by atoms with van der Waals surface area (Å²) in [5.41, 5.74) is 3.88. The zero-order valence-corrected chi connectivity index (χ0v) is 9.62. The molecule has 0 N–H and O–H groups in total. The van der Waals surface area contributed by atoms with E-state index in [2.05, 4.69) is 6.07 Å². The molecule has 2 aromatic carbocycles. The summed E-state index contributed by atoms with van der Waals surface area (Å²) in [5, 5.41) is 9.47. The van der Waals surface area contributed by atoms with E-state index in [-0.39, 0.29) is 0 Å². The van der Waals surface area contributed by atoms with Gasteiger partial charge in [-0.15, -0.1) is 0 Å². The van der Waals surface area contributed by atoms with Crippen LogP contribution in [0.3, 0.4) is 0 Å². The lowest BCUT2D eigenvalue weighted by atomic mass is 10.0. The molecule has 0 saturated heterocycles. The van der Waals surface area contributed by atoms with E-state index in [1.54, 1.807) is 0 Å². The topological polar surface area (TPSA) is 23.8 Å². The summed E-state index contributed by atoms with van der Waals surface area (Å²) in [5.74, 6) is 0. The van der Waals surface area contributed by atoms with Crippen LogP contribution in [0.15, 0.2) is 42.5 Å². The van der Waals surface area contributed by atoms with Crippen LogP contribution in [0.5, 0.6) is 0 Å². The van der Waals surface area contributed by atoms with Crippen LogP contribution in [0.1, 0.15) is 11.1 Å². The third-order valence-corrected chi connectivity index (χ3v) is 2.93. The molecule has 2 heteroatoms. The van der Waals surface area contributed by atoms with Gasteiger partial charge < -0.3 is 0 Å². The van der Waals surface area contributed by atoms with Gasteiger partial charge >= 0.3 is 0 Å². The first-order valence-corrected chi connectivity index (χ1v) is 5.35. The quantitative estimate of drug-likeness (QED) is 0.717. The molecule has 0 heterocycles. The summed E-state index contributed by atoms with van der Waals surface area (Å²) >= 11 is 6.07. The fourth-order valence-electron chi connectivity index (χ4n) is 1.51. The van der Waals surface area contributed by atoms with Crippen molar-refractivity contribution in [1.82, 2.24) is 0 Å². The van der Waals surface area contributed by atoms with Crippen LogP contribution in [0.25, 0.3) is 11.1 Å². The molecule has 0 atom stereocenters. The number of aryl methyl sites for hydroxylation is 1. The zero-order valence-electron chi connectivity index (χ0n) is 8.87. The molecule has 0 unspecified atom stereocenters. The summed E-state index contributed by atoms with van der Waals surface area (Å²) in [7, 11) is 0. The van der Waals surface area contributed by atoms with Gasteiger partial charge in [0.25, 0.3) is 0 Å². The fraction of sp³-hybridized carbons (Fsp3) is 0.0714. The van der Waals surface area contributed by atoms with E-state index in [1.807, 2.05) is 49.4 Å². The fourth-order valence-corrected chi connectivity index (χ4v) is 1.69. The Bertz CT molecular complexity index is 550. The van der Waals surface area contributed by atoms with Crippen LogP contribution in [-0.4, -0.2) is 0 Å². The third kappa shape index (κ3) is 2.08. The average Bonchev–Trinajstić information content (AvgIpc) is 2.33. The first-order valence-electron chi connectivity index (χ1n) is 4.97. The summed E-state index contributed by atoms with van der Waals surface area (Å²) in [6.07, 6.45) is 0. The van der Waals surface area contributed by atoms with Crippen molar-refractivity contribution in [3.63, 3.8) is 0 Å². The van der Waals surface area contributed by atoms with Gasteiger partial charge in [-0.05, 0) is 41.8 Å². The van der Waals surface area contributed by atoms with E-state index in [0.717, 1.165) is 21.7 Å². The van der Waals surface area contributed by atoms with Gasteiger partial charge in [0.05, 0.1) is 11.6 Å². The molecule has 0 radical (unpaired) electrons. The average molecular weight is 228 g/mol. The van der Waals surface area contributed by atoms with E-state index in [4.69, 9.17) is 16.9 Å². The van der Waals surface area contributed by atoms with Crippen LogP contribution < -0.4 is 0 Å². The lowest BCUT2D eigenvalue weighted by Gasteiger charge is -2.04. The van der Waals surface area contributed by atoms with Gasteiger partial charge in [0.2, 0.25) is 0 Å². The second kappa shape index (κ2) is 4.38. The van der Waals surface area contributed by atoms with Gasteiger partial charge in [-0.3, -0.25) is 0 Å². The summed E-state index contributed by atoms with van der Waals surface area (Å²) in [4.78, 5) is 0. The van der Waals surface area contributed by atoms with Gasteiger partial charge in [0.1, 0.15) is 0 Å². The Balaban J connectivity index is 2.43. The predicted octanol–water partition coefficient (Wildman–Crippen LogP) is 4.19. The van der Waals surface area contributed by atoms with Gasteiger partial charge in [-0.1, -0.05) is 35.9 Å². The SMILES string of the molecule is Cc1ccc(-c2ccc(C#N)cc2)cc1Cl. The maximum absolute atomic E-state index is 8.71. The second-order valence-corrected chi connectivity index (χ2v) is 4.06. The number of rotatable bonds is 1. The Morgan fingerprint density at radius 3 is 2.19 bits per heavy atom. The number of nitrogens with zero attached hydrogens (tertiary/aromatic N) is 1. The Morgan fingerprint density at radius 2 is 1.62 bits per heavy atom. The molecule has 0 spiro atoms. The molecule has 0 amide bonds. The molecule has 0 aliphatic heterocycles. The van der Waals surface area contributed by atoms with Crippen molar-refractivity contribution in [2.24, 2.45) is 0 Å². The summed E-state index contributed by atoms with van der Waals surface area (Å²) < 4.78 is 0. The van der Waals surface area contributed by atoms with Crippen molar-refractivity contribution in [2.45, 2.75) is 6.92 Å². The van der Waals surface area contributed by atoms with Crippen LogP contribution in [-0.2, 0) is 0 Å².